The van der Waals surface area contributed by atoms with E-state index in [1.807, 2.05) is 19.1 Å². The lowest BCUT2D eigenvalue weighted by Crippen LogP contribution is -2.20. The van der Waals surface area contributed by atoms with Crippen molar-refractivity contribution in [1.82, 2.24) is 10.3 Å². The van der Waals surface area contributed by atoms with Crippen molar-refractivity contribution in [3.05, 3.63) is 65.0 Å². The van der Waals surface area contributed by atoms with Gasteiger partial charge in [0.2, 0.25) is 0 Å². The molecule has 1 aromatic carbocycles. The lowest BCUT2D eigenvalue weighted by Gasteiger charge is -2.15. The number of hydrogen-bond acceptors (Lipinski definition) is 2. The van der Waals surface area contributed by atoms with E-state index < -0.39 is 11.6 Å². The molecule has 0 aliphatic rings. The second-order valence-electron chi connectivity index (χ2n) is 4.60. The van der Waals surface area contributed by atoms with Crippen molar-refractivity contribution >= 4 is 0 Å². The molecule has 1 unspecified atom stereocenters. The van der Waals surface area contributed by atoms with Crippen molar-refractivity contribution in [2.24, 2.45) is 0 Å². The van der Waals surface area contributed by atoms with E-state index in [-0.39, 0.29) is 6.04 Å². The molecule has 1 heterocycles. The van der Waals surface area contributed by atoms with Crippen LogP contribution in [0.5, 0.6) is 0 Å². The van der Waals surface area contributed by atoms with Crippen molar-refractivity contribution in [3.63, 3.8) is 0 Å². The highest BCUT2D eigenvalue weighted by atomic mass is 19.1. The van der Waals surface area contributed by atoms with Crippen LogP contribution in [0.15, 0.2) is 36.5 Å². The maximum absolute atomic E-state index is 13.6. The molecule has 0 aliphatic heterocycles. The second kappa shape index (κ2) is 5.89. The number of nitrogens with one attached hydrogen (secondary N) is 1. The molecule has 0 fully saturated rings. The first-order valence-electron chi connectivity index (χ1n) is 6.16. The molecule has 4 heteroatoms. The van der Waals surface area contributed by atoms with Crippen molar-refractivity contribution in [1.29, 1.82) is 0 Å². The molecule has 2 rings (SSSR count). The summed E-state index contributed by atoms with van der Waals surface area (Å²) in [5, 5.41) is 3.13. The van der Waals surface area contributed by atoms with Gasteiger partial charge in [0.25, 0.3) is 0 Å². The summed E-state index contributed by atoms with van der Waals surface area (Å²) in [6.07, 6.45) is 1.78. The van der Waals surface area contributed by atoms with Gasteiger partial charge in [-0.1, -0.05) is 6.07 Å². The Morgan fingerprint density at radius 1 is 1.21 bits per heavy atom. The number of halogens is 2. The van der Waals surface area contributed by atoms with Gasteiger partial charge in [-0.2, -0.15) is 0 Å². The standard InChI is InChI=1S/C15H16F2N2/c1-10-3-5-13(19-8-10)9-18-11(2)14-7-12(16)4-6-15(14)17/h3-8,11,18H,9H2,1-2H3. The van der Waals surface area contributed by atoms with E-state index in [2.05, 4.69) is 10.3 Å². The normalized spacial score (nSPS) is 12.4. The van der Waals surface area contributed by atoms with Gasteiger partial charge in [0.05, 0.1) is 5.69 Å². The van der Waals surface area contributed by atoms with Crippen LogP contribution < -0.4 is 5.32 Å². The molecule has 0 spiro atoms. The topological polar surface area (TPSA) is 24.9 Å². The van der Waals surface area contributed by atoms with Crippen LogP contribution in [-0.4, -0.2) is 4.98 Å². The molecular weight excluding hydrogens is 246 g/mol. The van der Waals surface area contributed by atoms with E-state index in [0.717, 1.165) is 23.4 Å². The third-order valence-corrected chi connectivity index (χ3v) is 2.99. The highest BCUT2D eigenvalue weighted by Crippen LogP contribution is 2.18. The molecule has 0 saturated heterocycles. The zero-order chi connectivity index (χ0) is 13.8. The van der Waals surface area contributed by atoms with Gasteiger partial charge in [-0.15, -0.1) is 0 Å². The fourth-order valence-corrected chi connectivity index (χ4v) is 1.82. The Bertz CT molecular complexity index is 553. The van der Waals surface area contributed by atoms with Gasteiger partial charge >= 0.3 is 0 Å². The smallest absolute Gasteiger partial charge is 0.128 e. The van der Waals surface area contributed by atoms with Gasteiger partial charge in [-0.3, -0.25) is 4.98 Å². The predicted octanol–water partition coefficient (Wildman–Crippen LogP) is 3.52. The Balaban J connectivity index is 2.03. The van der Waals surface area contributed by atoms with E-state index in [4.69, 9.17) is 0 Å². The Labute approximate surface area is 111 Å². The molecule has 2 aromatic rings. The number of aryl methyl sites for hydroxylation is 1. The third-order valence-electron chi connectivity index (χ3n) is 2.99. The van der Waals surface area contributed by atoms with Gasteiger partial charge in [0, 0.05) is 24.3 Å². The first-order chi connectivity index (χ1) is 9.06. The summed E-state index contributed by atoms with van der Waals surface area (Å²) >= 11 is 0. The number of rotatable bonds is 4. The van der Waals surface area contributed by atoms with Gasteiger partial charge < -0.3 is 5.32 Å². The first-order valence-corrected chi connectivity index (χ1v) is 6.16. The minimum Gasteiger partial charge on any atom is -0.304 e. The van der Waals surface area contributed by atoms with Crippen LogP contribution in [0.3, 0.4) is 0 Å². The molecule has 0 radical (unpaired) electrons. The van der Waals surface area contributed by atoms with Gasteiger partial charge in [0.15, 0.2) is 0 Å². The monoisotopic (exact) mass is 262 g/mol. The van der Waals surface area contributed by atoms with Crippen LogP contribution in [0, 0.1) is 18.6 Å². The van der Waals surface area contributed by atoms with Crippen LogP contribution >= 0.6 is 0 Å². The van der Waals surface area contributed by atoms with E-state index in [9.17, 15) is 8.78 Å². The fourth-order valence-electron chi connectivity index (χ4n) is 1.82. The number of pyridine rings is 1. The summed E-state index contributed by atoms with van der Waals surface area (Å²) in [6.45, 7) is 4.28. The largest absolute Gasteiger partial charge is 0.304 e. The van der Waals surface area contributed by atoms with Gasteiger partial charge in [-0.05, 0) is 43.7 Å². The molecular formula is C15H16F2N2. The summed E-state index contributed by atoms with van der Waals surface area (Å²) in [4.78, 5) is 4.25. The van der Waals surface area contributed by atoms with Gasteiger partial charge in [0.1, 0.15) is 11.6 Å². The number of aromatic nitrogens is 1. The molecule has 0 amide bonds. The SMILES string of the molecule is Cc1ccc(CNC(C)c2cc(F)ccc2F)nc1. The summed E-state index contributed by atoms with van der Waals surface area (Å²) in [6, 6.07) is 7.09. The third kappa shape index (κ3) is 3.58. The maximum Gasteiger partial charge on any atom is 0.128 e. The zero-order valence-corrected chi connectivity index (χ0v) is 11.0. The molecule has 1 aromatic heterocycles. The van der Waals surface area contributed by atoms with Gasteiger partial charge in [-0.25, -0.2) is 8.78 Å². The van der Waals surface area contributed by atoms with Crippen LogP contribution in [0.4, 0.5) is 8.78 Å². The second-order valence-corrected chi connectivity index (χ2v) is 4.60. The fraction of sp³-hybridized carbons (Fsp3) is 0.267. The zero-order valence-electron chi connectivity index (χ0n) is 11.0. The summed E-state index contributed by atoms with van der Waals surface area (Å²) < 4.78 is 26.7. The Morgan fingerprint density at radius 3 is 2.68 bits per heavy atom. The van der Waals surface area contributed by atoms with Crippen LogP contribution in [-0.2, 0) is 6.54 Å². The molecule has 0 aliphatic carbocycles. The van der Waals surface area contributed by atoms with E-state index >= 15 is 0 Å². The van der Waals surface area contributed by atoms with E-state index in [1.165, 1.54) is 6.07 Å². The maximum atomic E-state index is 13.6. The Morgan fingerprint density at radius 2 is 2.00 bits per heavy atom. The molecule has 19 heavy (non-hydrogen) atoms. The Hall–Kier alpha value is -1.81. The Kier molecular flexibility index (Phi) is 4.22. The van der Waals surface area contributed by atoms with E-state index in [0.29, 0.717) is 12.1 Å². The van der Waals surface area contributed by atoms with Crippen LogP contribution in [0.2, 0.25) is 0 Å². The summed E-state index contributed by atoms with van der Waals surface area (Å²) in [5.41, 5.74) is 2.29. The number of hydrogen-bond donors (Lipinski definition) is 1. The summed E-state index contributed by atoms with van der Waals surface area (Å²) in [7, 11) is 0. The molecule has 0 saturated carbocycles. The lowest BCUT2D eigenvalue weighted by molar-refractivity contribution is 0.515. The molecule has 2 nitrogen and oxygen atoms in total. The minimum absolute atomic E-state index is 0.279. The molecule has 0 bridgehead atoms. The highest BCUT2D eigenvalue weighted by Gasteiger charge is 2.11. The highest BCUT2D eigenvalue weighted by molar-refractivity contribution is 5.22. The molecule has 1 atom stereocenters. The summed E-state index contributed by atoms with van der Waals surface area (Å²) in [5.74, 6) is -0.836. The quantitative estimate of drug-likeness (QED) is 0.912. The first kappa shape index (κ1) is 13.6. The number of benzene rings is 1. The average molecular weight is 262 g/mol. The van der Waals surface area contributed by atoms with Crippen LogP contribution in [0.1, 0.15) is 29.8 Å². The van der Waals surface area contributed by atoms with Crippen molar-refractivity contribution in [2.45, 2.75) is 26.4 Å². The van der Waals surface area contributed by atoms with Crippen molar-refractivity contribution in [2.75, 3.05) is 0 Å². The lowest BCUT2D eigenvalue weighted by atomic mass is 10.1. The average Bonchev–Trinajstić information content (AvgIpc) is 2.40. The minimum atomic E-state index is -0.432. The molecule has 1 N–H and O–H groups in total. The van der Waals surface area contributed by atoms with Crippen molar-refractivity contribution in [3.8, 4) is 0 Å². The van der Waals surface area contributed by atoms with E-state index in [1.54, 1.807) is 13.1 Å². The molecule has 100 valence electrons. The van der Waals surface area contributed by atoms with Crippen LogP contribution in [0.25, 0.3) is 0 Å². The number of nitrogens with zero attached hydrogens (tertiary/aromatic N) is 1. The van der Waals surface area contributed by atoms with Crippen molar-refractivity contribution < 1.29 is 8.78 Å². The predicted molar refractivity (Wildman–Crippen MR) is 70.6 cm³/mol.